The van der Waals surface area contributed by atoms with Crippen LogP contribution in [0.3, 0.4) is 0 Å². The van der Waals surface area contributed by atoms with E-state index in [0.717, 1.165) is 29.7 Å². The number of carboxylic acid groups (broad SMARTS) is 1. The molecular weight excluding hydrogens is 334 g/mol. The number of hydrogen-bond donors (Lipinski definition) is 3. The van der Waals surface area contributed by atoms with E-state index in [-0.39, 0.29) is 37.7 Å². The first-order valence-corrected chi connectivity index (χ1v) is 8.95. The molecule has 0 aliphatic heterocycles. The maximum absolute atomic E-state index is 12.4. The molecule has 0 radical (unpaired) electrons. The number of benzene rings is 1. The fraction of sp³-hybridized carbons (Fsp3) is 0.526. The predicted octanol–water partition coefficient (Wildman–Crippen LogP) is 1.69. The number of nitrogens with zero attached hydrogens (tertiary/aromatic N) is 1. The third-order valence-electron chi connectivity index (χ3n) is 4.36. The Balaban J connectivity index is 1.80. The van der Waals surface area contributed by atoms with Crippen LogP contribution in [0.4, 0.5) is 5.69 Å². The van der Waals surface area contributed by atoms with Crippen molar-refractivity contribution >= 4 is 23.5 Å². The lowest BCUT2D eigenvalue weighted by Gasteiger charge is -2.21. The monoisotopic (exact) mass is 361 g/mol. The van der Waals surface area contributed by atoms with E-state index in [1.54, 1.807) is 0 Å². The maximum Gasteiger partial charge on any atom is 0.305 e. The van der Waals surface area contributed by atoms with Gasteiger partial charge in [-0.1, -0.05) is 12.1 Å². The van der Waals surface area contributed by atoms with Crippen LogP contribution in [0.15, 0.2) is 18.2 Å². The summed E-state index contributed by atoms with van der Waals surface area (Å²) in [6, 6.07) is 6.28. The molecule has 0 saturated heterocycles. The van der Waals surface area contributed by atoms with E-state index in [0.29, 0.717) is 12.6 Å². The largest absolute Gasteiger partial charge is 0.481 e. The lowest BCUT2D eigenvalue weighted by molar-refractivity contribution is -0.137. The molecule has 1 aromatic carbocycles. The molecule has 1 aliphatic rings. The number of rotatable bonds is 10. The van der Waals surface area contributed by atoms with Crippen molar-refractivity contribution in [3.05, 3.63) is 29.3 Å². The Labute approximate surface area is 153 Å². The Kier molecular flexibility index (Phi) is 7.15. The van der Waals surface area contributed by atoms with E-state index in [1.807, 2.05) is 36.9 Å². The molecule has 1 fully saturated rings. The standard InChI is InChI=1S/C19H27N3O4/c1-13-3-4-14(2)16(11-13)21-18(24)12-22(15-5-6-15)10-8-17(23)20-9-7-19(25)26/h3-4,11,15H,5-10,12H2,1-2H3,(H,20,23)(H,21,24)(H,25,26). The van der Waals surface area contributed by atoms with Crippen LogP contribution >= 0.6 is 0 Å². The predicted molar refractivity (Wildman–Crippen MR) is 99.0 cm³/mol. The summed E-state index contributed by atoms with van der Waals surface area (Å²) in [5.74, 6) is -1.21. The van der Waals surface area contributed by atoms with Crippen molar-refractivity contribution in [2.45, 2.75) is 45.6 Å². The van der Waals surface area contributed by atoms with E-state index >= 15 is 0 Å². The Bertz CT molecular complexity index is 671. The average molecular weight is 361 g/mol. The van der Waals surface area contributed by atoms with Gasteiger partial charge in [0.15, 0.2) is 0 Å². The highest BCUT2D eigenvalue weighted by Gasteiger charge is 2.30. The summed E-state index contributed by atoms with van der Waals surface area (Å²) < 4.78 is 0. The van der Waals surface area contributed by atoms with Crippen molar-refractivity contribution < 1.29 is 19.5 Å². The molecule has 0 atom stereocenters. The van der Waals surface area contributed by atoms with Crippen LogP contribution in [0.25, 0.3) is 0 Å². The highest BCUT2D eigenvalue weighted by atomic mass is 16.4. The quantitative estimate of drug-likeness (QED) is 0.589. The van der Waals surface area contributed by atoms with E-state index in [4.69, 9.17) is 5.11 Å². The van der Waals surface area contributed by atoms with Gasteiger partial charge in [-0.2, -0.15) is 0 Å². The number of carboxylic acids is 1. The molecule has 2 rings (SSSR count). The van der Waals surface area contributed by atoms with Gasteiger partial charge in [0.25, 0.3) is 0 Å². The summed E-state index contributed by atoms with van der Waals surface area (Å²) in [6.07, 6.45) is 2.25. The zero-order valence-electron chi connectivity index (χ0n) is 15.4. The molecule has 0 spiro atoms. The molecule has 0 aromatic heterocycles. The molecule has 26 heavy (non-hydrogen) atoms. The summed E-state index contributed by atoms with van der Waals surface area (Å²) in [5, 5.41) is 14.1. The van der Waals surface area contributed by atoms with Gasteiger partial charge < -0.3 is 15.7 Å². The Morgan fingerprint density at radius 1 is 1.15 bits per heavy atom. The van der Waals surface area contributed by atoms with E-state index < -0.39 is 5.97 Å². The Morgan fingerprint density at radius 2 is 1.88 bits per heavy atom. The fourth-order valence-corrected chi connectivity index (χ4v) is 2.72. The zero-order valence-corrected chi connectivity index (χ0v) is 15.4. The smallest absolute Gasteiger partial charge is 0.305 e. The second-order valence-corrected chi connectivity index (χ2v) is 6.81. The SMILES string of the molecule is Cc1ccc(C)c(NC(=O)CN(CCC(=O)NCCC(=O)O)C2CC2)c1. The molecular formula is C19H27N3O4. The Morgan fingerprint density at radius 3 is 2.54 bits per heavy atom. The van der Waals surface area contributed by atoms with Crippen LogP contribution in [0, 0.1) is 13.8 Å². The Hall–Kier alpha value is -2.41. The van der Waals surface area contributed by atoms with Gasteiger partial charge in [0.2, 0.25) is 11.8 Å². The van der Waals surface area contributed by atoms with Gasteiger partial charge in [-0.15, -0.1) is 0 Å². The summed E-state index contributed by atoms with van der Waals surface area (Å²) >= 11 is 0. The fourth-order valence-electron chi connectivity index (χ4n) is 2.72. The maximum atomic E-state index is 12.4. The van der Waals surface area contributed by atoms with Crippen molar-refractivity contribution in [2.24, 2.45) is 0 Å². The van der Waals surface area contributed by atoms with Crippen molar-refractivity contribution in [3.63, 3.8) is 0 Å². The highest BCUT2D eigenvalue weighted by Crippen LogP contribution is 2.27. The van der Waals surface area contributed by atoms with Crippen LogP contribution < -0.4 is 10.6 Å². The van der Waals surface area contributed by atoms with Gasteiger partial charge in [0, 0.05) is 31.2 Å². The minimum Gasteiger partial charge on any atom is -0.481 e. The minimum atomic E-state index is -0.937. The van der Waals surface area contributed by atoms with Gasteiger partial charge in [-0.25, -0.2) is 0 Å². The molecule has 0 unspecified atom stereocenters. The molecule has 7 nitrogen and oxygen atoms in total. The van der Waals surface area contributed by atoms with E-state index in [9.17, 15) is 14.4 Å². The number of hydrogen-bond acceptors (Lipinski definition) is 4. The van der Waals surface area contributed by atoms with Crippen LogP contribution in [-0.2, 0) is 14.4 Å². The molecule has 1 aromatic rings. The van der Waals surface area contributed by atoms with Gasteiger partial charge in [0.1, 0.15) is 0 Å². The number of aryl methyl sites for hydroxylation is 2. The lowest BCUT2D eigenvalue weighted by Crippen LogP contribution is -2.38. The molecule has 3 N–H and O–H groups in total. The van der Waals surface area contributed by atoms with Crippen LogP contribution in [0.1, 0.15) is 36.8 Å². The summed E-state index contributed by atoms with van der Waals surface area (Å²) in [6.45, 7) is 4.80. The third kappa shape index (κ3) is 6.84. The van der Waals surface area contributed by atoms with Crippen molar-refractivity contribution in [1.82, 2.24) is 10.2 Å². The van der Waals surface area contributed by atoms with Gasteiger partial charge in [-0.05, 0) is 43.9 Å². The van der Waals surface area contributed by atoms with Gasteiger partial charge in [-0.3, -0.25) is 19.3 Å². The molecule has 1 aliphatic carbocycles. The molecule has 142 valence electrons. The summed E-state index contributed by atoms with van der Waals surface area (Å²) in [4.78, 5) is 36.7. The number of amides is 2. The molecule has 0 heterocycles. The summed E-state index contributed by atoms with van der Waals surface area (Å²) in [7, 11) is 0. The van der Waals surface area contributed by atoms with Crippen molar-refractivity contribution in [3.8, 4) is 0 Å². The normalized spacial score (nSPS) is 13.5. The first-order chi connectivity index (χ1) is 12.3. The molecule has 7 heteroatoms. The van der Waals surface area contributed by atoms with Crippen LogP contribution in [0.2, 0.25) is 0 Å². The first kappa shape index (κ1) is 19.9. The molecule has 2 amide bonds. The third-order valence-corrected chi connectivity index (χ3v) is 4.36. The lowest BCUT2D eigenvalue weighted by atomic mass is 10.1. The van der Waals surface area contributed by atoms with Gasteiger partial charge in [0.05, 0.1) is 13.0 Å². The average Bonchev–Trinajstić information content (AvgIpc) is 3.39. The number of carbonyl (C=O) groups excluding carboxylic acids is 2. The van der Waals surface area contributed by atoms with Crippen molar-refractivity contribution in [1.29, 1.82) is 0 Å². The number of carbonyl (C=O) groups is 3. The van der Waals surface area contributed by atoms with E-state index in [2.05, 4.69) is 10.6 Å². The molecule has 1 saturated carbocycles. The van der Waals surface area contributed by atoms with Crippen LogP contribution in [-0.4, -0.2) is 53.5 Å². The topological polar surface area (TPSA) is 98.7 Å². The van der Waals surface area contributed by atoms with Gasteiger partial charge >= 0.3 is 5.97 Å². The zero-order chi connectivity index (χ0) is 19.1. The molecule has 0 bridgehead atoms. The summed E-state index contributed by atoms with van der Waals surface area (Å²) in [5.41, 5.74) is 2.92. The highest BCUT2D eigenvalue weighted by molar-refractivity contribution is 5.93. The van der Waals surface area contributed by atoms with Crippen molar-refractivity contribution in [2.75, 3.05) is 25.0 Å². The van der Waals surface area contributed by atoms with E-state index in [1.165, 1.54) is 0 Å². The second kappa shape index (κ2) is 9.33. The second-order valence-electron chi connectivity index (χ2n) is 6.81. The van der Waals surface area contributed by atoms with Crippen LogP contribution in [0.5, 0.6) is 0 Å². The number of anilines is 1. The number of aliphatic carboxylic acids is 1. The number of nitrogens with one attached hydrogen (secondary N) is 2. The first-order valence-electron chi connectivity index (χ1n) is 8.95. The minimum absolute atomic E-state index is 0.0862.